The number of nitrogens with one attached hydrogen (secondary N) is 1. The van der Waals surface area contributed by atoms with Gasteiger partial charge in [-0.15, -0.1) is 0 Å². The minimum atomic E-state index is -0.393. The van der Waals surface area contributed by atoms with E-state index >= 15 is 0 Å². The summed E-state index contributed by atoms with van der Waals surface area (Å²) < 4.78 is 0. The summed E-state index contributed by atoms with van der Waals surface area (Å²) in [5.74, 6) is -0.293. The number of nitrogens with zero attached hydrogens (tertiary/aromatic N) is 1. The molecule has 0 spiro atoms. The average Bonchev–Trinajstić information content (AvgIpc) is 2.35. The monoisotopic (exact) mass is 244 g/mol. The van der Waals surface area contributed by atoms with Gasteiger partial charge in [-0.25, -0.2) is 0 Å². The molecule has 0 aliphatic heterocycles. The molecule has 4 heteroatoms. The van der Waals surface area contributed by atoms with Crippen molar-refractivity contribution in [3.63, 3.8) is 0 Å². The van der Waals surface area contributed by atoms with Crippen molar-refractivity contribution in [3.05, 3.63) is 35.4 Å². The lowest BCUT2D eigenvalue weighted by atomic mass is 10.1. The first-order valence-corrected chi connectivity index (χ1v) is 5.78. The van der Waals surface area contributed by atoms with E-state index in [-0.39, 0.29) is 17.4 Å². The van der Waals surface area contributed by atoms with E-state index in [1.165, 1.54) is 18.2 Å². The molecule has 0 fully saturated rings. The van der Waals surface area contributed by atoms with Gasteiger partial charge in [-0.1, -0.05) is 19.1 Å². The van der Waals surface area contributed by atoms with Crippen LogP contribution in [0.2, 0.25) is 0 Å². The zero-order valence-electron chi connectivity index (χ0n) is 10.5. The SMILES string of the molecule is CC[C@H](C)NC(=O)/C(C#N)=C/c1cccc(O)c1. The molecule has 2 N–H and O–H groups in total. The van der Waals surface area contributed by atoms with Crippen LogP contribution in [-0.2, 0) is 4.79 Å². The fraction of sp³-hybridized carbons (Fsp3) is 0.286. The molecule has 0 unspecified atom stereocenters. The number of nitriles is 1. The predicted molar refractivity (Wildman–Crippen MR) is 69.6 cm³/mol. The number of phenolic OH excluding ortho intramolecular Hbond substituents is 1. The third-order valence-electron chi connectivity index (χ3n) is 2.54. The maximum atomic E-state index is 11.8. The lowest BCUT2D eigenvalue weighted by Crippen LogP contribution is -2.32. The highest BCUT2D eigenvalue weighted by atomic mass is 16.3. The molecule has 94 valence electrons. The van der Waals surface area contributed by atoms with E-state index in [0.717, 1.165) is 6.42 Å². The van der Waals surface area contributed by atoms with Gasteiger partial charge in [-0.2, -0.15) is 5.26 Å². The Morgan fingerprint density at radius 3 is 2.89 bits per heavy atom. The van der Waals surface area contributed by atoms with Crippen molar-refractivity contribution in [2.75, 3.05) is 0 Å². The van der Waals surface area contributed by atoms with Gasteiger partial charge < -0.3 is 10.4 Å². The van der Waals surface area contributed by atoms with E-state index < -0.39 is 5.91 Å². The smallest absolute Gasteiger partial charge is 0.262 e. The molecule has 1 rings (SSSR count). The third-order valence-corrected chi connectivity index (χ3v) is 2.54. The van der Waals surface area contributed by atoms with Crippen LogP contribution in [0.15, 0.2) is 29.8 Å². The summed E-state index contributed by atoms with van der Waals surface area (Å²) in [7, 11) is 0. The Balaban J connectivity index is 2.90. The fourth-order valence-electron chi connectivity index (χ4n) is 1.33. The quantitative estimate of drug-likeness (QED) is 0.630. The number of rotatable bonds is 4. The molecule has 1 amide bonds. The van der Waals surface area contributed by atoms with Gasteiger partial charge in [0.1, 0.15) is 17.4 Å². The van der Waals surface area contributed by atoms with Crippen LogP contribution in [0.5, 0.6) is 5.75 Å². The van der Waals surface area contributed by atoms with Gasteiger partial charge in [0.15, 0.2) is 0 Å². The summed E-state index contributed by atoms with van der Waals surface area (Å²) in [6.45, 7) is 3.83. The van der Waals surface area contributed by atoms with Crippen LogP contribution in [0.4, 0.5) is 0 Å². The average molecular weight is 244 g/mol. The number of hydrogen-bond donors (Lipinski definition) is 2. The van der Waals surface area contributed by atoms with Gasteiger partial charge in [-0.3, -0.25) is 4.79 Å². The number of carbonyl (C=O) groups excluding carboxylic acids is 1. The fourth-order valence-corrected chi connectivity index (χ4v) is 1.33. The van der Waals surface area contributed by atoms with Crippen LogP contribution < -0.4 is 5.32 Å². The van der Waals surface area contributed by atoms with E-state index in [2.05, 4.69) is 5.32 Å². The van der Waals surface area contributed by atoms with Gasteiger partial charge >= 0.3 is 0 Å². The number of carbonyl (C=O) groups is 1. The first-order chi connectivity index (χ1) is 8.56. The van der Waals surface area contributed by atoms with Crippen molar-refractivity contribution in [2.24, 2.45) is 0 Å². The Hall–Kier alpha value is -2.28. The van der Waals surface area contributed by atoms with Gasteiger partial charge in [0.05, 0.1) is 0 Å². The minimum absolute atomic E-state index is 0.0263. The molecule has 0 bridgehead atoms. The van der Waals surface area contributed by atoms with Crippen LogP contribution in [-0.4, -0.2) is 17.1 Å². The van der Waals surface area contributed by atoms with Gasteiger partial charge in [0.2, 0.25) is 0 Å². The van der Waals surface area contributed by atoms with Gasteiger partial charge in [0, 0.05) is 6.04 Å². The van der Waals surface area contributed by atoms with Crippen LogP contribution in [0.1, 0.15) is 25.8 Å². The van der Waals surface area contributed by atoms with Crippen LogP contribution in [0, 0.1) is 11.3 Å². The second-order valence-electron chi connectivity index (χ2n) is 4.05. The Bertz CT molecular complexity index is 501. The molecular weight excluding hydrogens is 228 g/mol. The summed E-state index contributed by atoms with van der Waals surface area (Å²) in [5.41, 5.74) is 0.645. The standard InChI is InChI=1S/C14H16N2O2/c1-3-10(2)16-14(18)12(9-15)7-11-5-4-6-13(17)8-11/h4-8,10,17H,3H2,1-2H3,(H,16,18)/b12-7+/t10-/m0/s1. The Morgan fingerprint density at radius 2 is 2.33 bits per heavy atom. The minimum Gasteiger partial charge on any atom is -0.508 e. The molecule has 4 nitrogen and oxygen atoms in total. The number of hydrogen-bond acceptors (Lipinski definition) is 3. The summed E-state index contributed by atoms with van der Waals surface area (Å²) in [6, 6.07) is 8.29. The topological polar surface area (TPSA) is 73.1 Å². The summed E-state index contributed by atoms with van der Waals surface area (Å²) in [5, 5.41) is 21.0. The van der Waals surface area contributed by atoms with Crippen molar-refractivity contribution < 1.29 is 9.90 Å². The number of amides is 1. The summed E-state index contributed by atoms with van der Waals surface area (Å²) >= 11 is 0. The van der Waals surface area contributed by atoms with E-state index in [4.69, 9.17) is 5.26 Å². The van der Waals surface area contributed by atoms with Crippen LogP contribution in [0.3, 0.4) is 0 Å². The molecule has 1 atom stereocenters. The molecular formula is C14H16N2O2. The lowest BCUT2D eigenvalue weighted by Gasteiger charge is -2.10. The Labute approximate surface area is 107 Å². The highest BCUT2D eigenvalue weighted by Crippen LogP contribution is 2.14. The normalized spacial score (nSPS) is 12.6. The molecule has 0 heterocycles. The first-order valence-electron chi connectivity index (χ1n) is 5.78. The van der Waals surface area contributed by atoms with Crippen molar-refractivity contribution in [1.82, 2.24) is 5.32 Å². The van der Waals surface area contributed by atoms with E-state index in [1.807, 2.05) is 19.9 Å². The second kappa shape index (κ2) is 6.45. The number of phenols is 1. The van der Waals surface area contributed by atoms with Crippen molar-refractivity contribution >= 4 is 12.0 Å². The van der Waals surface area contributed by atoms with Crippen LogP contribution >= 0.6 is 0 Å². The van der Waals surface area contributed by atoms with Crippen molar-refractivity contribution in [1.29, 1.82) is 5.26 Å². The van der Waals surface area contributed by atoms with Crippen molar-refractivity contribution in [3.8, 4) is 11.8 Å². The maximum Gasteiger partial charge on any atom is 0.262 e. The largest absolute Gasteiger partial charge is 0.508 e. The van der Waals surface area contributed by atoms with E-state index in [0.29, 0.717) is 5.56 Å². The Morgan fingerprint density at radius 1 is 1.61 bits per heavy atom. The van der Waals surface area contributed by atoms with Gasteiger partial charge in [0.25, 0.3) is 5.91 Å². The molecule has 1 aromatic carbocycles. The number of benzene rings is 1. The molecule has 18 heavy (non-hydrogen) atoms. The maximum absolute atomic E-state index is 11.8. The molecule has 0 aliphatic carbocycles. The highest BCUT2D eigenvalue weighted by molar-refractivity contribution is 6.01. The molecule has 0 aromatic heterocycles. The highest BCUT2D eigenvalue weighted by Gasteiger charge is 2.11. The van der Waals surface area contributed by atoms with Crippen molar-refractivity contribution in [2.45, 2.75) is 26.3 Å². The molecule has 0 saturated carbocycles. The molecule has 1 aromatic rings. The lowest BCUT2D eigenvalue weighted by molar-refractivity contribution is -0.117. The van der Waals surface area contributed by atoms with E-state index in [1.54, 1.807) is 12.1 Å². The van der Waals surface area contributed by atoms with Crippen LogP contribution in [0.25, 0.3) is 6.08 Å². The Kier molecular flexibility index (Phi) is 4.94. The first kappa shape index (κ1) is 13.8. The summed E-state index contributed by atoms with van der Waals surface area (Å²) in [4.78, 5) is 11.8. The third kappa shape index (κ3) is 3.95. The predicted octanol–water partition coefficient (Wildman–Crippen LogP) is 2.21. The zero-order chi connectivity index (χ0) is 13.5. The second-order valence-corrected chi connectivity index (χ2v) is 4.05. The molecule has 0 aliphatic rings. The summed E-state index contributed by atoms with van der Waals surface area (Å²) in [6.07, 6.45) is 2.26. The van der Waals surface area contributed by atoms with E-state index in [9.17, 15) is 9.90 Å². The molecule has 0 saturated heterocycles. The number of aromatic hydroxyl groups is 1. The zero-order valence-corrected chi connectivity index (χ0v) is 10.5. The van der Waals surface area contributed by atoms with Gasteiger partial charge in [-0.05, 0) is 37.1 Å². The molecule has 0 radical (unpaired) electrons.